The van der Waals surface area contributed by atoms with Gasteiger partial charge in [-0.2, -0.15) is 5.10 Å². The van der Waals surface area contributed by atoms with E-state index in [0.29, 0.717) is 34.7 Å². The molecule has 190 valence electrons. The van der Waals surface area contributed by atoms with E-state index < -0.39 is 9.84 Å². The molecule has 0 aliphatic heterocycles. The molecule has 0 fully saturated rings. The second kappa shape index (κ2) is 10.5. The summed E-state index contributed by atoms with van der Waals surface area (Å²) in [7, 11) is -3.35. The van der Waals surface area contributed by atoms with Gasteiger partial charge in [-0.1, -0.05) is 90.5 Å². The number of aromatic nitrogens is 2. The van der Waals surface area contributed by atoms with E-state index in [4.69, 9.17) is 5.10 Å². The summed E-state index contributed by atoms with van der Waals surface area (Å²) in [6, 6.07) is 33.7. The van der Waals surface area contributed by atoms with Crippen molar-refractivity contribution in [3.63, 3.8) is 0 Å². The van der Waals surface area contributed by atoms with Crippen LogP contribution in [0.2, 0.25) is 0 Å². The molecule has 5 aromatic rings. The van der Waals surface area contributed by atoms with E-state index in [1.165, 1.54) is 6.26 Å². The molecule has 38 heavy (non-hydrogen) atoms. The number of amides is 1. The maximum absolute atomic E-state index is 13.9. The number of nitrogens with one attached hydrogen (secondary N) is 1. The number of nitrogens with zero attached hydrogens (tertiary/aromatic N) is 2. The van der Waals surface area contributed by atoms with Crippen LogP contribution in [-0.4, -0.2) is 30.4 Å². The van der Waals surface area contributed by atoms with E-state index in [0.717, 1.165) is 16.7 Å². The van der Waals surface area contributed by atoms with E-state index in [9.17, 15) is 13.2 Å². The van der Waals surface area contributed by atoms with E-state index in [2.05, 4.69) is 5.32 Å². The van der Waals surface area contributed by atoms with Gasteiger partial charge in [0.25, 0.3) is 5.91 Å². The van der Waals surface area contributed by atoms with Gasteiger partial charge in [-0.15, -0.1) is 0 Å². The van der Waals surface area contributed by atoms with Gasteiger partial charge in [-0.05, 0) is 42.3 Å². The Morgan fingerprint density at radius 2 is 1.37 bits per heavy atom. The minimum absolute atomic E-state index is 0.226. The fourth-order valence-corrected chi connectivity index (χ4v) is 4.96. The van der Waals surface area contributed by atoms with Crippen molar-refractivity contribution in [2.24, 2.45) is 0 Å². The number of carbonyl (C=O) groups excluding carboxylic acids is 1. The molecule has 0 radical (unpaired) electrons. The van der Waals surface area contributed by atoms with Crippen molar-refractivity contribution in [2.75, 3.05) is 11.6 Å². The Morgan fingerprint density at radius 1 is 0.789 bits per heavy atom. The number of rotatable bonds is 7. The molecule has 6 nitrogen and oxygen atoms in total. The van der Waals surface area contributed by atoms with Crippen molar-refractivity contribution in [2.45, 2.75) is 18.4 Å². The van der Waals surface area contributed by atoms with Crippen molar-refractivity contribution in [3.8, 4) is 22.4 Å². The molecular weight excluding hydrogens is 494 g/mol. The monoisotopic (exact) mass is 521 g/mol. The lowest BCUT2D eigenvalue weighted by molar-refractivity contribution is 0.101. The van der Waals surface area contributed by atoms with Crippen LogP contribution in [0.5, 0.6) is 0 Å². The summed E-state index contributed by atoms with van der Waals surface area (Å²) in [6.45, 7) is 2.40. The quantitative estimate of drug-likeness (QED) is 0.275. The van der Waals surface area contributed by atoms with Crippen LogP contribution in [0.1, 0.15) is 21.6 Å². The van der Waals surface area contributed by atoms with Crippen molar-refractivity contribution < 1.29 is 13.2 Å². The minimum atomic E-state index is -3.35. The van der Waals surface area contributed by atoms with E-state index in [-0.39, 0.29) is 10.8 Å². The average molecular weight is 522 g/mol. The van der Waals surface area contributed by atoms with Crippen LogP contribution in [0.25, 0.3) is 22.4 Å². The molecule has 0 aliphatic carbocycles. The first-order chi connectivity index (χ1) is 18.3. The Hall–Kier alpha value is -4.49. The minimum Gasteiger partial charge on any atom is -0.321 e. The largest absolute Gasteiger partial charge is 0.321 e. The first-order valence-corrected chi connectivity index (χ1v) is 14.1. The third kappa shape index (κ3) is 5.43. The first kappa shape index (κ1) is 25.2. The summed E-state index contributed by atoms with van der Waals surface area (Å²) in [5.41, 5.74) is 6.04. The van der Waals surface area contributed by atoms with Gasteiger partial charge in [-0.3, -0.25) is 9.48 Å². The number of aryl methyl sites for hydroxylation is 1. The van der Waals surface area contributed by atoms with E-state index in [1.807, 2.05) is 91.9 Å². The smallest absolute Gasteiger partial charge is 0.274 e. The topological polar surface area (TPSA) is 81.1 Å². The summed E-state index contributed by atoms with van der Waals surface area (Å²) in [5, 5.41) is 7.96. The van der Waals surface area contributed by atoms with Crippen LogP contribution in [0, 0.1) is 6.92 Å². The van der Waals surface area contributed by atoms with Crippen molar-refractivity contribution in [3.05, 3.63) is 126 Å². The summed E-state index contributed by atoms with van der Waals surface area (Å²) >= 11 is 0. The number of anilines is 1. The summed E-state index contributed by atoms with van der Waals surface area (Å²) in [5.74, 6) is -0.283. The molecule has 1 N–H and O–H groups in total. The molecule has 0 atom stereocenters. The number of sulfone groups is 1. The SMILES string of the molecule is Cc1ccc(-c2c(-c3ccc(S(C)(=O)=O)cc3)nn(Cc3ccccc3)c2C(=O)Nc2ccccc2)cc1. The van der Waals surface area contributed by atoms with Gasteiger partial charge < -0.3 is 5.32 Å². The Labute approximate surface area is 222 Å². The highest BCUT2D eigenvalue weighted by molar-refractivity contribution is 7.90. The molecule has 0 spiro atoms. The van der Waals surface area contributed by atoms with E-state index in [1.54, 1.807) is 28.9 Å². The molecule has 0 saturated carbocycles. The second-order valence-corrected chi connectivity index (χ2v) is 11.2. The van der Waals surface area contributed by atoms with E-state index >= 15 is 0 Å². The van der Waals surface area contributed by atoms with Gasteiger partial charge >= 0.3 is 0 Å². The lowest BCUT2D eigenvalue weighted by Gasteiger charge is -2.11. The van der Waals surface area contributed by atoms with Crippen LogP contribution in [0.3, 0.4) is 0 Å². The highest BCUT2D eigenvalue weighted by atomic mass is 32.2. The molecule has 1 aromatic heterocycles. The maximum atomic E-state index is 13.9. The van der Waals surface area contributed by atoms with Gasteiger partial charge in [-0.25, -0.2) is 8.42 Å². The van der Waals surface area contributed by atoms with Gasteiger partial charge in [0.1, 0.15) is 11.4 Å². The molecule has 1 amide bonds. The first-order valence-electron chi connectivity index (χ1n) is 12.2. The summed E-state index contributed by atoms with van der Waals surface area (Å²) in [4.78, 5) is 14.1. The molecule has 0 unspecified atom stereocenters. The Balaban J connectivity index is 1.72. The van der Waals surface area contributed by atoms with Crippen molar-refractivity contribution in [1.82, 2.24) is 9.78 Å². The lowest BCUT2D eigenvalue weighted by atomic mass is 9.97. The number of para-hydroxylation sites is 1. The predicted octanol–water partition coefficient (Wildman–Crippen LogP) is 6.23. The molecule has 0 bridgehead atoms. The standard InChI is InChI=1S/C31H27N3O3S/c1-22-13-15-24(16-14-22)28-29(25-17-19-27(20-18-25)38(2,36)37)33-34(21-23-9-5-3-6-10-23)30(28)31(35)32-26-11-7-4-8-12-26/h3-20H,21H2,1-2H3,(H,32,35). The third-order valence-corrected chi connectivity index (χ3v) is 7.40. The maximum Gasteiger partial charge on any atom is 0.274 e. The van der Waals surface area contributed by atoms with Crippen molar-refractivity contribution in [1.29, 1.82) is 0 Å². The molecule has 4 aromatic carbocycles. The van der Waals surface area contributed by atoms with Gasteiger partial charge in [0, 0.05) is 23.1 Å². The fraction of sp³-hybridized carbons (Fsp3) is 0.0968. The average Bonchev–Trinajstić information content (AvgIpc) is 3.29. The predicted molar refractivity (Wildman–Crippen MR) is 151 cm³/mol. The highest BCUT2D eigenvalue weighted by Gasteiger charge is 2.26. The number of carbonyl (C=O) groups is 1. The highest BCUT2D eigenvalue weighted by Crippen LogP contribution is 2.36. The fourth-order valence-electron chi connectivity index (χ4n) is 4.33. The molecule has 7 heteroatoms. The van der Waals surface area contributed by atoms with Crippen molar-refractivity contribution >= 4 is 21.4 Å². The number of hydrogen-bond acceptors (Lipinski definition) is 4. The van der Waals surface area contributed by atoms with Crippen LogP contribution in [0.15, 0.2) is 114 Å². The van der Waals surface area contributed by atoms with Gasteiger partial charge in [0.05, 0.1) is 11.4 Å². The Kier molecular flexibility index (Phi) is 6.94. The lowest BCUT2D eigenvalue weighted by Crippen LogP contribution is -2.19. The van der Waals surface area contributed by atoms with Crippen LogP contribution in [0.4, 0.5) is 5.69 Å². The zero-order valence-electron chi connectivity index (χ0n) is 21.1. The van der Waals surface area contributed by atoms with Crippen LogP contribution >= 0.6 is 0 Å². The van der Waals surface area contributed by atoms with Crippen LogP contribution < -0.4 is 5.32 Å². The second-order valence-electron chi connectivity index (χ2n) is 9.20. The van der Waals surface area contributed by atoms with Crippen LogP contribution in [-0.2, 0) is 16.4 Å². The molecule has 1 heterocycles. The third-order valence-electron chi connectivity index (χ3n) is 6.27. The molecule has 5 rings (SSSR count). The van der Waals surface area contributed by atoms with Gasteiger partial charge in [0.15, 0.2) is 9.84 Å². The molecular formula is C31H27N3O3S. The van der Waals surface area contributed by atoms with Gasteiger partial charge in [0.2, 0.25) is 0 Å². The molecule has 0 saturated heterocycles. The Bertz CT molecular complexity index is 1680. The normalized spacial score (nSPS) is 11.3. The number of benzene rings is 4. The molecule has 0 aliphatic rings. The zero-order valence-corrected chi connectivity index (χ0v) is 21.9. The summed E-state index contributed by atoms with van der Waals surface area (Å²) in [6.07, 6.45) is 1.18. The summed E-state index contributed by atoms with van der Waals surface area (Å²) < 4.78 is 25.8. The number of hydrogen-bond donors (Lipinski definition) is 1. The zero-order chi connectivity index (χ0) is 26.7. The Morgan fingerprint density at radius 3 is 1.97 bits per heavy atom.